The Bertz CT molecular complexity index is 1020. The number of thiazole rings is 1. The lowest BCUT2D eigenvalue weighted by Crippen LogP contribution is -2.13. The zero-order valence-electron chi connectivity index (χ0n) is 13.4. The molecule has 24 heavy (non-hydrogen) atoms. The van der Waals surface area contributed by atoms with E-state index < -0.39 is 0 Å². The molecule has 1 aliphatic rings. The second-order valence-corrected chi connectivity index (χ2v) is 8.09. The van der Waals surface area contributed by atoms with E-state index in [4.69, 9.17) is 0 Å². The number of carbonyl (C=O) groups is 1. The van der Waals surface area contributed by atoms with Crippen molar-refractivity contribution in [2.45, 2.75) is 25.7 Å². The highest BCUT2D eigenvalue weighted by molar-refractivity contribution is 9.10. The fourth-order valence-corrected chi connectivity index (χ4v) is 4.80. The third-order valence-electron chi connectivity index (χ3n) is 4.56. The number of nitrogens with zero attached hydrogens (tertiary/aromatic N) is 2. The molecule has 0 radical (unpaired) electrons. The van der Waals surface area contributed by atoms with Crippen LogP contribution in [0.3, 0.4) is 0 Å². The lowest BCUT2D eigenvalue weighted by Gasteiger charge is -2.15. The summed E-state index contributed by atoms with van der Waals surface area (Å²) in [7, 11) is 1.95. The van der Waals surface area contributed by atoms with Crippen LogP contribution in [0.1, 0.15) is 34.3 Å². The van der Waals surface area contributed by atoms with Gasteiger partial charge in [-0.05, 0) is 67.1 Å². The molecule has 0 N–H and O–H groups in total. The van der Waals surface area contributed by atoms with E-state index in [0.29, 0.717) is 5.56 Å². The van der Waals surface area contributed by atoms with Crippen LogP contribution in [-0.4, -0.2) is 10.5 Å². The van der Waals surface area contributed by atoms with Crippen molar-refractivity contribution in [2.75, 3.05) is 0 Å². The molecule has 1 heterocycles. The van der Waals surface area contributed by atoms with Gasteiger partial charge < -0.3 is 4.57 Å². The van der Waals surface area contributed by atoms with Gasteiger partial charge in [-0.2, -0.15) is 4.99 Å². The molecule has 1 amide bonds. The van der Waals surface area contributed by atoms with Crippen molar-refractivity contribution in [1.82, 2.24) is 4.57 Å². The molecule has 0 aliphatic heterocycles. The summed E-state index contributed by atoms with van der Waals surface area (Å²) < 4.78 is 4.12. The molecule has 0 bridgehead atoms. The van der Waals surface area contributed by atoms with Crippen LogP contribution in [0.5, 0.6) is 0 Å². The third-order valence-corrected chi connectivity index (χ3v) is 6.15. The number of aromatic nitrogens is 1. The predicted molar refractivity (Wildman–Crippen MR) is 101 cm³/mol. The average Bonchev–Trinajstić information content (AvgIpc) is 2.89. The number of halogens is 1. The Labute approximate surface area is 152 Å². The molecule has 3 nitrogen and oxygen atoms in total. The van der Waals surface area contributed by atoms with E-state index in [1.165, 1.54) is 35.3 Å². The van der Waals surface area contributed by atoms with E-state index in [1.807, 2.05) is 35.9 Å². The summed E-state index contributed by atoms with van der Waals surface area (Å²) in [5.41, 5.74) is 4.47. The molecule has 0 unspecified atom stereocenters. The van der Waals surface area contributed by atoms with E-state index in [1.54, 1.807) is 0 Å². The summed E-state index contributed by atoms with van der Waals surface area (Å²) in [5, 5.41) is 0. The normalized spacial score (nSPS) is 14.8. The van der Waals surface area contributed by atoms with Gasteiger partial charge in [0.15, 0.2) is 4.80 Å². The van der Waals surface area contributed by atoms with Gasteiger partial charge in [0.2, 0.25) is 0 Å². The van der Waals surface area contributed by atoms with E-state index in [9.17, 15) is 4.79 Å². The smallest absolute Gasteiger partial charge is 0.279 e. The standard InChI is InChI=1S/C19H17BrN2OS/c1-22-16-9-8-15(20)11-17(16)24-19(22)21-18(23)14-7-6-12-4-2-3-5-13(12)10-14/h6-11H,2-5H2,1H3. The van der Waals surface area contributed by atoms with Gasteiger partial charge in [-0.1, -0.05) is 33.3 Å². The Morgan fingerprint density at radius 3 is 2.75 bits per heavy atom. The fraction of sp³-hybridized carbons (Fsp3) is 0.263. The molecule has 1 aromatic heterocycles. The third kappa shape index (κ3) is 2.87. The van der Waals surface area contributed by atoms with Crippen LogP contribution >= 0.6 is 27.3 Å². The van der Waals surface area contributed by atoms with Crippen molar-refractivity contribution in [2.24, 2.45) is 12.0 Å². The Morgan fingerprint density at radius 2 is 1.92 bits per heavy atom. The van der Waals surface area contributed by atoms with Crippen LogP contribution in [0.4, 0.5) is 0 Å². The lowest BCUT2D eigenvalue weighted by molar-refractivity contribution is 0.0998. The van der Waals surface area contributed by atoms with Gasteiger partial charge in [-0.3, -0.25) is 4.79 Å². The van der Waals surface area contributed by atoms with Crippen molar-refractivity contribution in [1.29, 1.82) is 0 Å². The molecule has 1 aliphatic carbocycles. The summed E-state index contributed by atoms with van der Waals surface area (Å²) in [5.74, 6) is -0.162. The van der Waals surface area contributed by atoms with Crippen LogP contribution in [0, 0.1) is 0 Å². The Balaban J connectivity index is 1.75. The van der Waals surface area contributed by atoms with E-state index in [-0.39, 0.29) is 5.91 Å². The van der Waals surface area contributed by atoms with Gasteiger partial charge in [-0.25, -0.2) is 0 Å². The molecule has 3 aromatic rings. The number of aryl methyl sites for hydroxylation is 3. The number of rotatable bonds is 1. The topological polar surface area (TPSA) is 34.4 Å². The number of hydrogen-bond donors (Lipinski definition) is 0. The van der Waals surface area contributed by atoms with E-state index >= 15 is 0 Å². The maximum Gasteiger partial charge on any atom is 0.279 e. The van der Waals surface area contributed by atoms with Crippen molar-refractivity contribution in [3.63, 3.8) is 0 Å². The van der Waals surface area contributed by atoms with Crippen molar-refractivity contribution in [3.8, 4) is 0 Å². The van der Waals surface area contributed by atoms with Crippen molar-refractivity contribution in [3.05, 3.63) is 62.4 Å². The van der Waals surface area contributed by atoms with Gasteiger partial charge in [0.05, 0.1) is 10.2 Å². The quantitative estimate of drug-likeness (QED) is 0.586. The Morgan fingerprint density at radius 1 is 1.12 bits per heavy atom. The zero-order chi connectivity index (χ0) is 16.7. The monoisotopic (exact) mass is 400 g/mol. The first kappa shape index (κ1) is 15.8. The summed E-state index contributed by atoms with van der Waals surface area (Å²) in [6.07, 6.45) is 4.65. The molecule has 5 heteroatoms. The highest BCUT2D eigenvalue weighted by Gasteiger charge is 2.13. The van der Waals surface area contributed by atoms with Gasteiger partial charge in [-0.15, -0.1) is 0 Å². The summed E-state index contributed by atoms with van der Waals surface area (Å²) in [4.78, 5) is 17.7. The minimum Gasteiger partial charge on any atom is -0.319 e. The first-order valence-electron chi connectivity index (χ1n) is 8.08. The molecule has 2 aromatic carbocycles. The molecular weight excluding hydrogens is 384 g/mol. The minimum absolute atomic E-state index is 0.162. The number of hydrogen-bond acceptors (Lipinski definition) is 2. The Hall–Kier alpha value is -1.72. The first-order chi connectivity index (χ1) is 11.6. The van der Waals surface area contributed by atoms with Crippen molar-refractivity contribution < 1.29 is 4.79 Å². The molecule has 0 spiro atoms. The van der Waals surface area contributed by atoms with Crippen LogP contribution in [-0.2, 0) is 19.9 Å². The van der Waals surface area contributed by atoms with Crippen molar-refractivity contribution >= 4 is 43.4 Å². The molecule has 0 fully saturated rings. The molecule has 0 saturated carbocycles. The minimum atomic E-state index is -0.162. The SMILES string of the molecule is Cn1c(=NC(=O)c2ccc3c(c2)CCCC3)sc2cc(Br)ccc21. The first-order valence-corrected chi connectivity index (χ1v) is 9.69. The molecule has 0 saturated heterocycles. The fourth-order valence-electron chi connectivity index (χ4n) is 3.23. The lowest BCUT2D eigenvalue weighted by atomic mass is 9.90. The average molecular weight is 401 g/mol. The van der Waals surface area contributed by atoms with Crippen LogP contribution in [0.2, 0.25) is 0 Å². The molecule has 0 atom stereocenters. The van der Waals surface area contributed by atoms with Gasteiger partial charge >= 0.3 is 0 Å². The molecule has 122 valence electrons. The van der Waals surface area contributed by atoms with Crippen LogP contribution < -0.4 is 4.80 Å². The number of carbonyl (C=O) groups excluding carboxylic acids is 1. The maximum atomic E-state index is 12.6. The maximum absolute atomic E-state index is 12.6. The van der Waals surface area contributed by atoms with Gasteiger partial charge in [0, 0.05) is 17.1 Å². The van der Waals surface area contributed by atoms with Gasteiger partial charge in [0.1, 0.15) is 0 Å². The predicted octanol–water partition coefficient (Wildman–Crippen LogP) is 4.62. The number of fused-ring (bicyclic) bond motifs is 2. The summed E-state index contributed by atoms with van der Waals surface area (Å²) >= 11 is 5.02. The largest absolute Gasteiger partial charge is 0.319 e. The molecular formula is C19H17BrN2OS. The second kappa shape index (κ2) is 6.30. The highest BCUT2D eigenvalue weighted by atomic mass is 79.9. The van der Waals surface area contributed by atoms with Crippen LogP contribution in [0.25, 0.3) is 10.2 Å². The number of benzene rings is 2. The summed E-state index contributed by atoms with van der Waals surface area (Å²) in [6.45, 7) is 0. The number of amides is 1. The molecule has 4 rings (SSSR count). The van der Waals surface area contributed by atoms with E-state index in [0.717, 1.165) is 32.3 Å². The van der Waals surface area contributed by atoms with E-state index in [2.05, 4.69) is 33.1 Å². The zero-order valence-corrected chi connectivity index (χ0v) is 15.8. The second-order valence-electron chi connectivity index (χ2n) is 6.16. The highest BCUT2D eigenvalue weighted by Crippen LogP contribution is 2.23. The summed E-state index contributed by atoms with van der Waals surface area (Å²) in [6, 6.07) is 12.1. The van der Waals surface area contributed by atoms with Crippen LogP contribution in [0.15, 0.2) is 45.9 Å². The van der Waals surface area contributed by atoms with Gasteiger partial charge in [0.25, 0.3) is 5.91 Å². The Kier molecular flexibility index (Phi) is 4.14.